The lowest BCUT2D eigenvalue weighted by Gasteiger charge is -2.21. The Bertz CT molecular complexity index is 394. The first-order valence-electron chi connectivity index (χ1n) is 5.92. The van der Waals surface area contributed by atoms with E-state index in [1.165, 1.54) is 0 Å². The van der Waals surface area contributed by atoms with Crippen LogP contribution in [-0.2, 0) is 28.9 Å². The van der Waals surface area contributed by atoms with E-state index in [1.807, 2.05) is 0 Å². The van der Waals surface area contributed by atoms with Crippen LogP contribution in [0, 0.1) is 0 Å². The number of rotatable bonds is 6. The average molecular weight is 278 g/mol. The van der Waals surface area contributed by atoms with Crippen LogP contribution >= 0.6 is 0 Å². The summed E-state index contributed by atoms with van der Waals surface area (Å²) in [6.45, 7) is 2.60. The summed E-state index contributed by atoms with van der Waals surface area (Å²) in [6.07, 6.45) is 0.348. The third kappa shape index (κ3) is 4.73. The molecule has 0 aliphatic carbocycles. The summed E-state index contributed by atoms with van der Waals surface area (Å²) in [6, 6.07) is 0. The van der Waals surface area contributed by atoms with Crippen LogP contribution in [0.15, 0.2) is 0 Å². The average Bonchev–Trinajstić information content (AvgIpc) is 2.29. The van der Waals surface area contributed by atoms with E-state index in [-0.39, 0.29) is 6.61 Å². The van der Waals surface area contributed by atoms with Crippen LogP contribution in [0.1, 0.15) is 26.2 Å². The predicted octanol–water partition coefficient (Wildman–Crippen LogP) is 0.103. The molecule has 1 heterocycles. The molecule has 0 aromatic heterocycles. The number of ketones is 1. The molecule has 0 amide bonds. The fraction of sp³-hybridized carbons (Fsp3) is 0.818. The Balaban J connectivity index is 2.49. The van der Waals surface area contributed by atoms with Crippen LogP contribution in [0.25, 0.3) is 0 Å². The zero-order chi connectivity index (χ0) is 13.6. The van der Waals surface area contributed by atoms with Crippen molar-refractivity contribution >= 4 is 21.6 Å². The highest BCUT2D eigenvalue weighted by atomic mass is 32.2. The number of Topliss-reactive ketones (excluding diaryl/α,β-unsaturated/α-hetero) is 1. The van der Waals surface area contributed by atoms with Gasteiger partial charge in [-0.2, -0.15) is 0 Å². The minimum atomic E-state index is -3.48. The van der Waals surface area contributed by atoms with Crippen LogP contribution in [-0.4, -0.2) is 51.0 Å². The van der Waals surface area contributed by atoms with E-state index >= 15 is 0 Å². The topological polar surface area (TPSA) is 86.7 Å². The summed E-state index contributed by atoms with van der Waals surface area (Å²) >= 11 is 0. The highest BCUT2D eigenvalue weighted by Crippen LogP contribution is 2.16. The summed E-state index contributed by atoms with van der Waals surface area (Å²) in [5, 5.41) is -0.530. The van der Waals surface area contributed by atoms with Crippen LogP contribution in [0.2, 0.25) is 0 Å². The molecule has 1 rings (SSSR count). The Morgan fingerprint density at radius 2 is 1.89 bits per heavy atom. The van der Waals surface area contributed by atoms with Crippen LogP contribution < -0.4 is 0 Å². The van der Waals surface area contributed by atoms with Crippen molar-refractivity contribution in [2.75, 3.05) is 25.6 Å². The summed E-state index contributed by atoms with van der Waals surface area (Å²) < 4.78 is 33.5. The molecule has 1 aliphatic rings. The number of carbonyl (C=O) groups is 2. The molecule has 0 spiro atoms. The Morgan fingerprint density at radius 3 is 2.44 bits per heavy atom. The van der Waals surface area contributed by atoms with Gasteiger partial charge in [0.2, 0.25) is 0 Å². The van der Waals surface area contributed by atoms with Gasteiger partial charge in [0.15, 0.2) is 15.6 Å². The summed E-state index contributed by atoms with van der Waals surface area (Å²) in [4.78, 5) is 22.5. The maximum Gasteiger partial charge on any atom is 0.313 e. The second kappa shape index (κ2) is 6.84. The maximum absolute atomic E-state index is 11.9. The van der Waals surface area contributed by atoms with Crippen LogP contribution in [0.5, 0.6) is 0 Å². The van der Waals surface area contributed by atoms with Crippen molar-refractivity contribution < 1.29 is 27.5 Å². The molecule has 18 heavy (non-hydrogen) atoms. The van der Waals surface area contributed by atoms with Crippen molar-refractivity contribution in [1.29, 1.82) is 0 Å². The molecule has 6 nitrogen and oxygen atoms in total. The fourth-order valence-electron chi connectivity index (χ4n) is 1.80. The second-order valence-corrected chi connectivity index (χ2v) is 6.42. The van der Waals surface area contributed by atoms with Gasteiger partial charge >= 0.3 is 5.97 Å². The number of sulfone groups is 1. The summed E-state index contributed by atoms with van der Waals surface area (Å²) in [5.74, 6) is -1.87. The van der Waals surface area contributed by atoms with Gasteiger partial charge in [-0.05, 0) is 19.8 Å². The van der Waals surface area contributed by atoms with Crippen molar-refractivity contribution in [1.82, 2.24) is 0 Å². The largest absolute Gasteiger partial charge is 0.466 e. The lowest BCUT2D eigenvalue weighted by atomic mass is 10.2. The van der Waals surface area contributed by atoms with Gasteiger partial charge in [0, 0.05) is 13.2 Å². The molecule has 0 unspecified atom stereocenters. The molecule has 1 saturated heterocycles. The third-order valence-corrected chi connectivity index (χ3v) is 4.90. The van der Waals surface area contributed by atoms with E-state index in [2.05, 4.69) is 4.74 Å². The Hall–Kier alpha value is -0.950. The van der Waals surface area contributed by atoms with Crippen molar-refractivity contribution in [3.05, 3.63) is 0 Å². The second-order valence-electron chi connectivity index (χ2n) is 4.14. The number of hydrogen-bond acceptors (Lipinski definition) is 6. The molecule has 0 radical (unpaired) electrons. The lowest BCUT2D eigenvalue weighted by Crippen LogP contribution is -2.33. The highest BCUT2D eigenvalue weighted by Gasteiger charge is 2.30. The molecule has 104 valence electrons. The monoisotopic (exact) mass is 278 g/mol. The quantitative estimate of drug-likeness (QED) is 0.506. The van der Waals surface area contributed by atoms with E-state index in [0.717, 1.165) is 0 Å². The molecular weight excluding hydrogens is 260 g/mol. The molecule has 0 aromatic carbocycles. The van der Waals surface area contributed by atoms with Crippen molar-refractivity contribution in [2.45, 2.75) is 31.4 Å². The van der Waals surface area contributed by atoms with Gasteiger partial charge in [0.05, 0.1) is 11.9 Å². The molecule has 0 N–H and O–H groups in total. The van der Waals surface area contributed by atoms with Gasteiger partial charge in [-0.1, -0.05) is 0 Å². The predicted molar refractivity (Wildman–Crippen MR) is 63.9 cm³/mol. The zero-order valence-electron chi connectivity index (χ0n) is 10.4. The van der Waals surface area contributed by atoms with Crippen molar-refractivity contribution in [2.24, 2.45) is 0 Å². The minimum absolute atomic E-state index is 0.179. The number of hydrogen-bond donors (Lipinski definition) is 0. The SMILES string of the molecule is CCOC(=O)CC(=O)CS(=O)(=O)C1CCOCC1. The molecule has 0 bridgehead atoms. The van der Waals surface area contributed by atoms with Gasteiger partial charge in [-0.3, -0.25) is 9.59 Å². The van der Waals surface area contributed by atoms with E-state index in [9.17, 15) is 18.0 Å². The molecule has 0 aromatic rings. The zero-order valence-corrected chi connectivity index (χ0v) is 11.2. The van der Waals surface area contributed by atoms with E-state index < -0.39 is 39.0 Å². The molecule has 1 fully saturated rings. The Labute approximate surface area is 107 Å². The summed E-state index contributed by atoms with van der Waals surface area (Å²) in [5.41, 5.74) is 0. The van der Waals surface area contributed by atoms with Crippen LogP contribution in [0.3, 0.4) is 0 Å². The fourth-order valence-corrected chi connectivity index (χ4v) is 3.50. The van der Waals surface area contributed by atoms with Gasteiger partial charge in [-0.25, -0.2) is 8.42 Å². The highest BCUT2D eigenvalue weighted by molar-refractivity contribution is 7.92. The van der Waals surface area contributed by atoms with Gasteiger partial charge in [-0.15, -0.1) is 0 Å². The van der Waals surface area contributed by atoms with E-state index in [0.29, 0.717) is 26.1 Å². The number of esters is 1. The molecule has 0 saturated carbocycles. The first-order chi connectivity index (χ1) is 8.45. The summed E-state index contributed by atoms with van der Waals surface area (Å²) in [7, 11) is -3.48. The maximum atomic E-state index is 11.9. The van der Waals surface area contributed by atoms with Crippen molar-refractivity contribution in [3.63, 3.8) is 0 Å². The molecular formula is C11H18O6S. The first kappa shape index (κ1) is 15.1. The first-order valence-corrected chi connectivity index (χ1v) is 7.64. The standard InChI is InChI=1S/C11H18O6S/c1-2-17-11(13)7-9(12)8-18(14,15)10-3-5-16-6-4-10/h10H,2-8H2,1H3. The van der Waals surface area contributed by atoms with E-state index in [4.69, 9.17) is 4.74 Å². The third-order valence-electron chi connectivity index (χ3n) is 2.69. The smallest absolute Gasteiger partial charge is 0.313 e. The minimum Gasteiger partial charge on any atom is -0.466 e. The van der Waals surface area contributed by atoms with Crippen molar-refractivity contribution in [3.8, 4) is 0 Å². The molecule has 0 atom stereocenters. The Kier molecular flexibility index (Phi) is 5.74. The van der Waals surface area contributed by atoms with Crippen LogP contribution in [0.4, 0.5) is 0 Å². The molecule has 1 aliphatic heterocycles. The van der Waals surface area contributed by atoms with E-state index in [1.54, 1.807) is 6.92 Å². The van der Waals surface area contributed by atoms with Gasteiger partial charge < -0.3 is 9.47 Å². The van der Waals surface area contributed by atoms with Gasteiger partial charge in [0.1, 0.15) is 12.2 Å². The molecule has 7 heteroatoms. The lowest BCUT2D eigenvalue weighted by molar-refractivity contribution is -0.145. The Morgan fingerprint density at radius 1 is 1.28 bits per heavy atom. The van der Waals surface area contributed by atoms with Gasteiger partial charge in [0.25, 0.3) is 0 Å². The normalized spacial score (nSPS) is 17.4. The number of carbonyl (C=O) groups excluding carboxylic acids is 2. The number of ether oxygens (including phenoxy) is 2.